The van der Waals surface area contributed by atoms with Gasteiger partial charge in [-0.1, -0.05) is 17.7 Å². The molecule has 9 nitrogen and oxygen atoms in total. The predicted molar refractivity (Wildman–Crippen MR) is 127 cm³/mol. The molecule has 0 aliphatic carbocycles. The minimum atomic E-state index is -1.06. The number of amides is 4. The third kappa shape index (κ3) is 7.28. The molecule has 2 aromatic rings. The molecule has 0 aliphatic heterocycles. The smallest absolute Gasteiger partial charge is 0.319 e. The van der Waals surface area contributed by atoms with Gasteiger partial charge in [0.15, 0.2) is 18.1 Å². The van der Waals surface area contributed by atoms with E-state index in [-0.39, 0.29) is 18.1 Å². The largest absolute Gasteiger partial charge is 0.490 e. The highest BCUT2D eigenvalue weighted by Crippen LogP contribution is 2.35. The summed E-state index contributed by atoms with van der Waals surface area (Å²) in [5.41, 5.74) is 6.81. The van der Waals surface area contributed by atoms with E-state index in [9.17, 15) is 19.6 Å². The Morgan fingerprint density at radius 1 is 1.19 bits per heavy atom. The molecule has 10 heteroatoms. The van der Waals surface area contributed by atoms with E-state index < -0.39 is 11.9 Å². The number of rotatable bonds is 8. The summed E-state index contributed by atoms with van der Waals surface area (Å²) in [5.74, 6) is -0.572. The number of urea groups is 1. The summed E-state index contributed by atoms with van der Waals surface area (Å²) in [5, 5.41) is 13.8. The van der Waals surface area contributed by atoms with Gasteiger partial charge < -0.3 is 20.5 Å². The summed E-state index contributed by atoms with van der Waals surface area (Å²) in [6.45, 7) is 3.81. The molecular weight excluding hydrogens is 527 g/mol. The molecule has 32 heavy (non-hydrogen) atoms. The number of aryl methyl sites for hydroxylation is 1. The maximum absolute atomic E-state index is 12.3. The molecule has 0 saturated heterocycles. The first-order valence-corrected chi connectivity index (χ1v) is 10.5. The Morgan fingerprint density at radius 2 is 1.88 bits per heavy atom. The molecule has 4 amide bonds. The van der Waals surface area contributed by atoms with Gasteiger partial charge in [0.05, 0.1) is 10.2 Å². The topological polar surface area (TPSA) is 144 Å². The lowest BCUT2D eigenvalue weighted by Crippen LogP contribution is -2.35. The van der Waals surface area contributed by atoms with Crippen molar-refractivity contribution in [3.8, 4) is 17.6 Å². The van der Waals surface area contributed by atoms with E-state index in [4.69, 9.17) is 15.2 Å². The van der Waals surface area contributed by atoms with E-state index in [1.165, 1.54) is 6.08 Å². The van der Waals surface area contributed by atoms with E-state index in [1.54, 1.807) is 37.3 Å². The van der Waals surface area contributed by atoms with Gasteiger partial charge in [-0.2, -0.15) is 5.26 Å². The SMILES string of the molecule is CCOc1cc(/C=C(/C#N)C(=O)NC(N)=O)cc(I)c1OCC(=O)Nc1ccc(C)cc1. The summed E-state index contributed by atoms with van der Waals surface area (Å²) in [7, 11) is 0. The third-order valence-electron chi connectivity index (χ3n) is 3.93. The summed E-state index contributed by atoms with van der Waals surface area (Å²) >= 11 is 2.00. The van der Waals surface area contributed by atoms with E-state index in [0.717, 1.165) is 5.56 Å². The number of carbonyl (C=O) groups excluding carboxylic acids is 3. The Balaban J connectivity index is 2.21. The second-order valence-corrected chi connectivity index (χ2v) is 7.62. The maximum atomic E-state index is 12.3. The molecule has 0 radical (unpaired) electrons. The average molecular weight is 548 g/mol. The average Bonchev–Trinajstić information content (AvgIpc) is 2.72. The fraction of sp³-hybridized carbons (Fsp3) is 0.182. The molecule has 2 rings (SSSR count). The molecule has 2 aromatic carbocycles. The van der Waals surface area contributed by atoms with E-state index in [2.05, 4.69) is 5.32 Å². The number of benzene rings is 2. The van der Waals surface area contributed by atoms with Crippen molar-refractivity contribution in [2.24, 2.45) is 5.73 Å². The Hall–Kier alpha value is -3.59. The molecule has 0 aromatic heterocycles. The summed E-state index contributed by atoms with van der Waals surface area (Å²) < 4.78 is 11.9. The number of nitrogens with zero attached hydrogens (tertiary/aromatic N) is 1. The first-order chi connectivity index (χ1) is 15.2. The van der Waals surface area contributed by atoms with Crippen LogP contribution in [0.15, 0.2) is 42.0 Å². The molecule has 0 unspecified atom stereocenters. The van der Waals surface area contributed by atoms with Crippen molar-refractivity contribution in [3.63, 3.8) is 0 Å². The second kappa shape index (κ2) is 11.7. The quantitative estimate of drug-likeness (QED) is 0.263. The number of primary amides is 1. The van der Waals surface area contributed by atoms with Crippen LogP contribution in [0.1, 0.15) is 18.1 Å². The van der Waals surface area contributed by atoms with Gasteiger partial charge in [-0.05, 0) is 72.3 Å². The number of halogens is 1. The lowest BCUT2D eigenvalue weighted by atomic mass is 10.1. The van der Waals surface area contributed by atoms with Crippen LogP contribution >= 0.6 is 22.6 Å². The molecule has 0 bridgehead atoms. The molecule has 4 N–H and O–H groups in total. The molecular formula is C22H21IN4O5. The first-order valence-electron chi connectivity index (χ1n) is 9.41. The second-order valence-electron chi connectivity index (χ2n) is 6.45. The van der Waals surface area contributed by atoms with Crippen molar-refractivity contribution < 1.29 is 23.9 Å². The number of nitriles is 1. The Kier molecular flexibility index (Phi) is 9.03. The first kappa shape index (κ1) is 24.7. The predicted octanol–water partition coefficient (Wildman–Crippen LogP) is 3.12. The minimum Gasteiger partial charge on any atom is -0.490 e. The Morgan fingerprint density at radius 3 is 2.47 bits per heavy atom. The van der Waals surface area contributed by atoms with Crippen LogP contribution < -0.4 is 25.8 Å². The lowest BCUT2D eigenvalue weighted by molar-refractivity contribution is -0.118. The summed E-state index contributed by atoms with van der Waals surface area (Å²) in [6, 6.07) is 11.2. The fourth-order valence-electron chi connectivity index (χ4n) is 2.54. The van der Waals surface area contributed by atoms with Crippen LogP contribution in [0, 0.1) is 21.8 Å². The van der Waals surface area contributed by atoms with Gasteiger partial charge in [0.1, 0.15) is 11.6 Å². The number of hydrogen-bond acceptors (Lipinski definition) is 6. The molecule has 0 heterocycles. The zero-order valence-corrected chi connectivity index (χ0v) is 19.6. The monoisotopic (exact) mass is 548 g/mol. The molecule has 0 aliphatic rings. The van der Waals surface area contributed by atoms with Crippen molar-refractivity contribution in [2.75, 3.05) is 18.5 Å². The third-order valence-corrected chi connectivity index (χ3v) is 4.73. The van der Waals surface area contributed by atoms with Gasteiger partial charge in [0.25, 0.3) is 11.8 Å². The van der Waals surface area contributed by atoms with Crippen molar-refractivity contribution in [1.82, 2.24) is 5.32 Å². The van der Waals surface area contributed by atoms with Gasteiger partial charge in [0, 0.05) is 5.69 Å². The van der Waals surface area contributed by atoms with Gasteiger partial charge in [-0.3, -0.25) is 14.9 Å². The van der Waals surface area contributed by atoms with E-state index in [0.29, 0.717) is 32.9 Å². The molecule has 0 spiro atoms. The number of hydrogen-bond donors (Lipinski definition) is 3. The van der Waals surface area contributed by atoms with Crippen molar-refractivity contribution in [2.45, 2.75) is 13.8 Å². The van der Waals surface area contributed by atoms with E-state index >= 15 is 0 Å². The molecule has 0 atom stereocenters. The number of nitrogens with one attached hydrogen (secondary N) is 2. The van der Waals surface area contributed by atoms with Crippen LogP contribution in [0.5, 0.6) is 11.5 Å². The van der Waals surface area contributed by atoms with Gasteiger partial charge in [0.2, 0.25) is 0 Å². The van der Waals surface area contributed by atoms with Crippen LogP contribution in [0.25, 0.3) is 6.08 Å². The van der Waals surface area contributed by atoms with Crippen LogP contribution in [0.2, 0.25) is 0 Å². The van der Waals surface area contributed by atoms with Crippen molar-refractivity contribution in [1.29, 1.82) is 5.26 Å². The highest BCUT2D eigenvalue weighted by atomic mass is 127. The standard InChI is InChI=1S/C22H21IN4O5/c1-3-31-18-10-14(8-15(11-24)21(29)27-22(25)30)9-17(23)20(18)32-12-19(28)26-16-6-4-13(2)5-7-16/h4-10H,3,12H2,1-2H3,(H,26,28)(H3,25,27,29,30)/b15-8-. The van der Waals surface area contributed by atoms with Crippen LogP contribution in [0.3, 0.4) is 0 Å². The highest BCUT2D eigenvalue weighted by molar-refractivity contribution is 14.1. The van der Waals surface area contributed by atoms with Gasteiger partial charge >= 0.3 is 6.03 Å². The number of imide groups is 1. The number of anilines is 1. The Bertz CT molecular complexity index is 1090. The fourth-order valence-corrected chi connectivity index (χ4v) is 3.32. The zero-order chi connectivity index (χ0) is 23.7. The van der Waals surface area contributed by atoms with Gasteiger partial charge in [-0.15, -0.1) is 0 Å². The summed E-state index contributed by atoms with van der Waals surface area (Å²) in [4.78, 5) is 35.0. The highest BCUT2D eigenvalue weighted by Gasteiger charge is 2.16. The summed E-state index contributed by atoms with van der Waals surface area (Å²) in [6.07, 6.45) is 1.29. The van der Waals surface area contributed by atoms with E-state index in [1.807, 2.05) is 47.0 Å². The Labute approximate surface area is 198 Å². The van der Waals surface area contributed by atoms with Crippen LogP contribution in [0.4, 0.5) is 10.5 Å². The maximum Gasteiger partial charge on any atom is 0.319 e. The number of nitrogens with two attached hydrogens (primary N) is 1. The normalized spacial score (nSPS) is 10.6. The molecule has 166 valence electrons. The van der Waals surface area contributed by atoms with Gasteiger partial charge in [-0.25, -0.2) is 4.79 Å². The number of ether oxygens (including phenoxy) is 2. The molecule has 0 saturated carbocycles. The van der Waals surface area contributed by atoms with Crippen molar-refractivity contribution >= 4 is 52.2 Å². The minimum absolute atomic E-state index is 0.246. The number of carbonyl (C=O) groups is 3. The van der Waals surface area contributed by atoms with Crippen LogP contribution in [-0.2, 0) is 9.59 Å². The van der Waals surface area contributed by atoms with Crippen molar-refractivity contribution in [3.05, 3.63) is 56.7 Å². The van der Waals surface area contributed by atoms with Crippen LogP contribution in [-0.4, -0.2) is 31.1 Å². The molecule has 0 fully saturated rings. The zero-order valence-electron chi connectivity index (χ0n) is 17.4. The lowest BCUT2D eigenvalue weighted by Gasteiger charge is -2.15.